The van der Waals surface area contributed by atoms with E-state index in [2.05, 4.69) is 240 Å². The summed E-state index contributed by atoms with van der Waals surface area (Å²) >= 11 is 1.86. The third-order valence-corrected chi connectivity index (χ3v) is 14.4. The molecule has 1 aromatic heterocycles. The topological polar surface area (TPSA) is 6.48 Å². The molecular weight excluding hydrogens is 769 g/mol. The van der Waals surface area contributed by atoms with Gasteiger partial charge in [0.05, 0.1) is 11.1 Å². The van der Waals surface area contributed by atoms with E-state index in [-0.39, 0.29) is 0 Å². The first-order chi connectivity index (χ1) is 30.8. The molecule has 1 spiro atoms. The van der Waals surface area contributed by atoms with Crippen molar-refractivity contribution in [3.8, 4) is 22.3 Å². The second-order valence-electron chi connectivity index (χ2n) is 16.4. The standard InChI is InChI=1S/C59H38N2S/c1-4-18-39(19-5-1)60(43-32-34-47-46-26-14-17-31-56(46)62-57(47)37-43)42-33-35-53-50(36-42)44-24-12-15-29-51(44)59(53)52-30-16-13-28-49(52)58-48-27-11-10-25-45(48)55(38-54(58)59)61(40-20-6-2-7-21-40)41-22-8-3-9-23-41/h1-38H. The van der Waals surface area contributed by atoms with Gasteiger partial charge in [-0.3, -0.25) is 0 Å². The van der Waals surface area contributed by atoms with Gasteiger partial charge in [0, 0.05) is 54.0 Å². The van der Waals surface area contributed by atoms with E-state index >= 15 is 0 Å². The molecule has 10 aromatic carbocycles. The van der Waals surface area contributed by atoms with Crippen LogP contribution >= 0.6 is 11.3 Å². The van der Waals surface area contributed by atoms with Gasteiger partial charge in [-0.25, -0.2) is 0 Å². The van der Waals surface area contributed by atoms with Crippen LogP contribution in [0.1, 0.15) is 22.3 Å². The molecule has 1 unspecified atom stereocenters. The third-order valence-electron chi connectivity index (χ3n) is 13.2. The van der Waals surface area contributed by atoms with Crippen LogP contribution in [0.4, 0.5) is 34.1 Å². The van der Waals surface area contributed by atoms with Crippen molar-refractivity contribution in [3.05, 3.63) is 253 Å². The number of nitrogens with zero attached hydrogens (tertiary/aromatic N) is 2. The van der Waals surface area contributed by atoms with Crippen molar-refractivity contribution < 1.29 is 0 Å². The summed E-state index contributed by atoms with van der Waals surface area (Å²) in [5, 5.41) is 5.10. The smallest absolute Gasteiger partial charge is 0.0726 e. The molecule has 1 atom stereocenters. The molecule has 0 saturated heterocycles. The molecule has 290 valence electrons. The van der Waals surface area contributed by atoms with Crippen molar-refractivity contribution in [1.82, 2.24) is 0 Å². The summed E-state index contributed by atoms with van der Waals surface area (Å²) in [6.07, 6.45) is 0. The van der Waals surface area contributed by atoms with Crippen LogP contribution in [0.2, 0.25) is 0 Å². The van der Waals surface area contributed by atoms with Gasteiger partial charge in [-0.05, 0) is 123 Å². The Kier molecular flexibility index (Phi) is 7.72. The second kappa shape index (κ2) is 13.7. The highest BCUT2D eigenvalue weighted by Crippen LogP contribution is 2.65. The summed E-state index contributed by atoms with van der Waals surface area (Å²) in [6, 6.07) is 85.3. The maximum atomic E-state index is 2.52. The first kappa shape index (κ1) is 35.1. The van der Waals surface area contributed by atoms with Crippen LogP contribution in [0, 0.1) is 0 Å². The number of hydrogen-bond donors (Lipinski definition) is 0. The van der Waals surface area contributed by atoms with E-state index in [9.17, 15) is 0 Å². The molecule has 0 N–H and O–H groups in total. The third kappa shape index (κ3) is 4.97. The molecule has 0 saturated carbocycles. The lowest BCUT2D eigenvalue weighted by atomic mass is 9.70. The van der Waals surface area contributed by atoms with Crippen LogP contribution in [-0.4, -0.2) is 0 Å². The highest BCUT2D eigenvalue weighted by molar-refractivity contribution is 7.25. The lowest BCUT2D eigenvalue weighted by Gasteiger charge is -2.33. The Hall–Kier alpha value is -7.72. The van der Waals surface area contributed by atoms with Crippen molar-refractivity contribution in [2.24, 2.45) is 0 Å². The molecule has 2 nitrogen and oxygen atoms in total. The van der Waals surface area contributed by atoms with Crippen LogP contribution in [-0.2, 0) is 5.41 Å². The van der Waals surface area contributed by atoms with Crippen LogP contribution in [0.5, 0.6) is 0 Å². The van der Waals surface area contributed by atoms with E-state index in [4.69, 9.17) is 0 Å². The van der Waals surface area contributed by atoms with Gasteiger partial charge in [0.1, 0.15) is 0 Å². The number of anilines is 6. The predicted molar refractivity (Wildman–Crippen MR) is 263 cm³/mol. The minimum atomic E-state index is -0.540. The molecule has 2 aliphatic carbocycles. The minimum absolute atomic E-state index is 0.540. The Morgan fingerprint density at radius 3 is 1.50 bits per heavy atom. The summed E-state index contributed by atoms with van der Waals surface area (Å²) in [4.78, 5) is 4.87. The lowest BCUT2D eigenvalue weighted by molar-refractivity contribution is 0.794. The average molecular weight is 807 g/mol. The van der Waals surface area contributed by atoms with E-state index in [0.717, 1.165) is 28.4 Å². The van der Waals surface area contributed by atoms with Crippen LogP contribution in [0.15, 0.2) is 231 Å². The normalized spacial score (nSPS) is 14.5. The van der Waals surface area contributed by atoms with Gasteiger partial charge >= 0.3 is 0 Å². The van der Waals surface area contributed by atoms with Crippen LogP contribution in [0.3, 0.4) is 0 Å². The zero-order valence-electron chi connectivity index (χ0n) is 33.7. The molecule has 3 heteroatoms. The van der Waals surface area contributed by atoms with Gasteiger partial charge in [0.2, 0.25) is 0 Å². The van der Waals surface area contributed by atoms with Crippen molar-refractivity contribution in [3.63, 3.8) is 0 Å². The lowest BCUT2D eigenvalue weighted by Crippen LogP contribution is -2.26. The number of hydrogen-bond acceptors (Lipinski definition) is 3. The zero-order chi connectivity index (χ0) is 40.8. The van der Waals surface area contributed by atoms with Gasteiger partial charge in [0.15, 0.2) is 0 Å². The number of rotatable bonds is 6. The quantitative estimate of drug-likeness (QED) is 0.165. The van der Waals surface area contributed by atoms with E-state index < -0.39 is 5.41 Å². The summed E-state index contributed by atoms with van der Waals surface area (Å²) in [5.74, 6) is 0. The van der Waals surface area contributed by atoms with E-state index in [1.54, 1.807) is 0 Å². The number of benzene rings is 10. The van der Waals surface area contributed by atoms with Crippen molar-refractivity contribution in [1.29, 1.82) is 0 Å². The highest BCUT2D eigenvalue weighted by Gasteiger charge is 2.52. The van der Waals surface area contributed by atoms with Crippen LogP contribution < -0.4 is 9.80 Å². The minimum Gasteiger partial charge on any atom is -0.310 e. The van der Waals surface area contributed by atoms with E-state index in [0.29, 0.717) is 0 Å². The predicted octanol–water partition coefficient (Wildman–Crippen LogP) is 16.5. The van der Waals surface area contributed by atoms with Gasteiger partial charge in [-0.2, -0.15) is 0 Å². The van der Waals surface area contributed by atoms with Gasteiger partial charge in [-0.1, -0.05) is 158 Å². The molecule has 0 fully saturated rings. The molecule has 62 heavy (non-hydrogen) atoms. The second-order valence-corrected chi connectivity index (χ2v) is 17.5. The maximum Gasteiger partial charge on any atom is 0.0726 e. The SMILES string of the molecule is c1ccc(N(c2ccc3c(c2)-c2ccccc2C32c3ccccc3-c3c2cc(N(c2ccccc2)c2ccccc2)c2ccccc32)c2ccc3c(c2)sc2ccccc23)cc1. The summed E-state index contributed by atoms with van der Waals surface area (Å²) in [6.45, 7) is 0. The summed E-state index contributed by atoms with van der Waals surface area (Å²) in [7, 11) is 0. The Labute approximate surface area is 364 Å². The molecule has 0 bridgehead atoms. The van der Waals surface area contributed by atoms with Crippen LogP contribution in [0.25, 0.3) is 53.2 Å². The number of thiophene rings is 1. The van der Waals surface area contributed by atoms with E-state index in [1.165, 1.54) is 81.1 Å². The van der Waals surface area contributed by atoms with Crippen molar-refractivity contribution in [2.75, 3.05) is 9.80 Å². The largest absolute Gasteiger partial charge is 0.310 e. The summed E-state index contributed by atoms with van der Waals surface area (Å²) in [5.41, 5.74) is 16.7. The molecule has 0 aliphatic heterocycles. The Bertz CT molecular complexity index is 3500. The van der Waals surface area contributed by atoms with Gasteiger partial charge < -0.3 is 9.80 Å². The highest BCUT2D eigenvalue weighted by atomic mass is 32.1. The molecule has 13 rings (SSSR count). The van der Waals surface area contributed by atoms with Gasteiger partial charge in [-0.15, -0.1) is 11.3 Å². The number of fused-ring (bicyclic) bond motifs is 15. The average Bonchev–Trinajstić information content (AvgIpc) is 3.96. The van der Waals surface area contributed by atoms with Gasteiger partial charge in [0.25, 0.3) is 0 Å². The Morgan fingerprint density at radius 1 is 0.290 bits per heavy atom. The zero-order valence-corrected chi connectivity index (χ0v) is 34.6. The molecule has 0 radical (unpaired) electrons. The first-order valence-corrected chi connectivity index (χ1v) is 22.2. The molecule has 11 aromatic rings. The summed E-state index contributed by atoms with van der Waals surface area (Å²) < 4.78 is 2.60. The Morgan fingerprint density at radius 2 is 0.790 bits per heavy atom. The molecule has 2 aliphatic rings. The first-order valence-electron chi connectivity index (χ1n) is 21.3. The molecule has 0 amide bonds. The fourth-order valence-electron chi connectivity index (χ4n) is 10.8. The van der Waals surface area contributed by atoms with Crippen molar-refractivity contribution in [2.45, 2.75) is 5.41 Å². The molecular formula is C59H38N2S. The maximum absolute atomic E-state index is 2.52. The number of para-hydroxylation sites is 3. The monoisotopic (exact) mass is 806 g/mol. The van der Waals surface area contributed by atoms with E-state index in [1.807, 2.05) is 11.3 Å². The fraction of sp³-hybridized carbons (Fsp3) is 0.0169. The fourth-order valence-corrected chi connectivity index (χ4v) is 11.9. The van der Waals surface area contributed by atoms with Crippen molar-refractivity contribution >= 4 is 76.4 Å². The Balaban J connectivity index is 1.08. The molecule has 1 heterocycles.